The summed E-state index contributed by atoms with van der Waals surface area (Å²) < 4.78 is 13.3. The van der Waals surface area contributed by atoms with Crippen LogP contribution in [0.15, 0.2) is 24.3 Å². The van der Waals surface area contributed by atoms with Crippen molar-refractivity contribution in [2.24, 2.45) is 5.84 Å². The Bertz CT molecular complexity index is 688. The molecular weight excluding hydrogens is 342 g/mol. The van der Waals surface area contributed by atoms with Gasteiger partial charge in [0.15, 0.2) is 5.82 Å². The molecule has 21 heavy (non-hydrogen) atoms. The number of rotatable bonds is 3. The highest BCUT2D eigenvalue weighted by molar-refractivity contribution is 6.36. The Kier molecular flexibility index (Phi) is 4.84. The summed E-state index contributed by atoms with van der Waals surface area (Å²) in [6, 6.07) is 5.41. The number of nitrogens with zero attached hydrogens (tertiary/aromatic N) is 1. The van der Waals surface area contributed by atoms with Crippen LogP contribution < -0.4 is 16.6 Å². The first kappa shape index (κ1) is 15.8. The average molecular weight is 350 g/mol. The zero-order valence-electron chi connectivity index (χ0n) is 10.3. The van der Waals surface area contributed by atoms with Crippen LogP contribution in [-0.2, 0) is 0 Å². The van der Waals surface area contributed by atoms with E-state index in [0.717, 1.165) is 0 Å². The van der Waals surface area contributed by atoms with Crippen LogP contribution >= 0.6 is 34.8 Å². The molecule has 0 aliphatic heterocycles. The number of nitrogen functional groups attached to an aromatic ring is 1. The van der Waals surface area contributed by atoms with Gasteiger partial charge >= 0.3 is 0 Å². The Labute approximate surface area is 134 Å². The number of hydrogen-bond acceptors (Lipinski definition) is 4. The number of hydrogen-bond donors (Lipinski definition) is 3. The molecule has 2 rings (SSSR count). The number of anilines is 2. The molecule has 0 aliphatic rings. The third kappa shape index (κ3) is 3.54. The van der Waals surface area contributed by atoms with Gasteiger partial charge in [-0.3, -0.25) is 4.79 Å². The van der Waals surface area contributed by atoms with Gasteiger partial charge in [0.1, 0.15) is 11.5 Å². The van der Waals surface area contributed by atoms with Crippen molar-refractivity contribution in [3.05, 3.63) is 50.8 Å². The molecule has 9 heteroatoms. The molecule has 0 radical (unpaired) electrons. The highest BCUT2D eigenvalue weighted by atomic mass is 35.5. The second-order valence-corrected chi connectivity index (χ2v) is 5.10. The molecule has 0 aliphatic carbocycles. The summed E-state index contributed by atoms with van der Waals surface area (Å²) in [6.07, 6.45) is 0. The fraction of sp³-hybridized carbons (Fsp3) is 0. The molecule has 0 spiro atoms. The van der Waals surface area contributed by atoms with Crippen LogP contribution in [0.25, 0.3) is 0 Å². The smallest absolute Gasteiger partial charge is 0.275 e. The molecule has 0 saturated heterocycles. The van der Waals surface area contributed by atoms with Gasteiger partial charge in [-0.05, 0) is 24.3 Å². The lowest BCUT2D eigenvalue weighted by atomic mass is 10.2. The van der Waals surface area contributed by atoms with Crippen LogP contribution in [0, 0.1) is 5.82 Å². The number of carbonyl (C=O) groups is 1. The van der Waals surface area contributed by atoms with Gasteiger partial charge in [-0.2, -0.15) is 0 Å². The van der Waals surface area contributed by atoms with Crippen molar-refractivity contribution in [3.8, 4) is 0 Å². The highest BCUT2D eigenvalue weighted by Gasteiger charge is 2.15. The molecule has 110 valence electrons. The van der Waals surface area contributed by atoms with E-state index in [1.165, 1.54) is 24.3 Å². The number of halogens is 4. The fourth-order valence-corrected chi connectivity index (χ4v) is 2.18. The van der Waals surface area contributed by atoms with Crippen LogP contribution in [0.1, 0.15) is 10.5 Å². The molecule has 0 atom stereocenters. The van der Waals surface area contributed by atoms with Gasteiger partial charge in [-0.25, -0.2) is 15.2 Å². The van der Waals surface area contributed by atoms with Crippen molar-refractivity contribution in [1.82, 2.24) is 4.98 Å². The molecule has 1 aromatic heterocycles. The maximum absolute atomic E-state index is 13.3. The number of pyridine rings is 1. The van der Waals surface area contributed by atoms with Crippen molar-refractivity contribution in [3.63, 3.8) is 0 Å². The monoisotopic (exact) mass is 348 g/mol. The predicted octanol–water partition coefficient (Wildman–Crippen LogP) is 3.72. The second-order valence-electron chi connectivity index (χ2n) is 3.88. The van der Waals surface area contributed by atoms with Gasteiger partial charge in [-0.15, -0.1) is 0 Å². The van der Waals surface area contributed by atoms with Crippen LogP contribution in [0.5, 0.6) is 0 Å². The van der Waals surface area contributed by atoms with E-state index in [1.54, 1.807) is 0 Å². The second kappa shape index (κ2) is 6.44. The van der Waals surface area contributed by atoms with Crippen molar-refractivity contribution in [1.29, 1.82) is 0 Å². The molecule has 4 N–H and O–H groups in total. The summed E-state index contributed by atoms with van der Waals surface area (Å²) in [6.45, 7) is 0. The minimum absolute atomic E-state index is 0.0521. The largest absolute Gasteiger partial charge is 0.320 e. The van der Waals surface area contributed by atoms with Crippen molar-refractivity contribution < 1.29 is 9.18 Å². The SMILES string of the molecule is NNc1ccc(Cl)c(C(=O)Nc2cc(Cl)c(F)c(Cl)c2)n1. The lowest BCUT2D eigenvalue weighted by Crippen LogP contribution is -2.17. The van der Waals surface area contributed by atoms with E-state index >= 15 is 0 Å². The average Bonchev–Trinajstić information content (AvgIpc) is 2.45. The minimum atomic E-state index is -0.762. The van der Waals surface area contributed by atoms with Crippen LogP contribution in [0.4, 0.5) is 15.9 Å². The van der Waals surface area contributed by atoms with Gasteiger partial charge in [0, 0.05) is 5.69 Å². The van der Waals surface area contributed by atoms with Gasteiger partial charge < -0.3 is 10.7 Å². The summed E-state index contributed by atoms with van der Waals surface area (Å²) in [4.78, 5) is 16.0. The summed E-state index contributed by atoms with van der Waals surface area (Å²) >= 11 is 17.2. The number of nitrogens with one attached hydrogen (secondary N) is 2. The van der Waals surface area contributed by atoms with E-state index in [0.29, 0.717) is 0 Å². The number of amides is 1. The van der Waals surface area contributed by atoms with Crippen molar-refractivity contribution in [2.45, 2.75) is 0 Å². The Morgan fingerprint density at radius 1 is 1.14 bits per heavy atom. The van der Waals surface area contributed by atoms with E-state index in [4.69, 9.17) is 40.6 Å². The van der Waals surface area contributed by atoms with E-state index in [2.05, 4.69) is 15.7 Å². The van der Waals surface area contributed by atoms with E-state index in [1.807, 2.05) is 0 Å². The van der Waals surface area contributed by atoms with E-state index in [9.17, 15) is 9.18 Å². The molecule has 0 fully saturated rings. The maximum atomic E-state index is 13.3. The first-order chi connectivity index (χ1) is 9.92. The molecule has 1 amide bonds. The normalized spacial score (nSPS) is 10.3. The molecular formula is C12H8Cl3FN4O. The molecule has 0 saturated carbocycles. The lowest BCUT2D eigenvalue weighted by Gasteiger charge is -2.09. The Balaban J connectivity index is 2.30. The van der Waals surface area contributed by atoms with Crippen LogP contribution in [0.2, 0.25) is 15.1 Å². The number of carbonyl (C=O) groups excluding carboxylic acids is 1. The Hall–Kier alpha value is -1.60. The zero-order chi connectivity index (χ0) is 15.6. The summed E-state index contributed by atoms with van der Waals surface area (Å²) in [5.41, 5.74) is 2.45. The lowest BCUT2D eigenvalue weighted by molar-refractivity contribution is 0.102. The molecule has 0 bridgehead atoms. The summed E-state index contributed by atoms with van der Waals surface area (Å²) in [7, 11) is 0. The predicted molar refractivity (Wildman–Crippen MR) is 81.4 cm³/mol. The first-order valence-electron chi connectivity index (χ1n) is 5.51. The summed E-state index contributed by atoms with van der Waals surface area (Å²) in [5, 5.41) is 2.17. The van der Waals surface area contributed by atoms with Gasteiger partial charge in [0.25, 0.3) is 5.91 Å². The molecule has 1 heterocycles. The minimum Gasteiger partial charge on any atom is -0.320 e. The number of nitrogens with two attached hydrogens (primary N) is 1. The molecule has 5 nitrogen and oxygen atoms in total. The van der Waals surface area contributed by atoms with Crippen molar-refractivity contribution >= 4 is 52.2 Å². The van der Waals surface area contributed by atoms with Gasteiger partial charge in [0.05, 0.1) is 15.1 Å². The topological polar surface area (TPSA) is 80.0 Å². The highest BCUT2D eigenvalue weighted by Crippen LogP contribution is 2.28. The molecule has 0 unspecified atom stereocenters. The maximum Gasteiger partial charge on any atom is 0.275 e. The third-order valence-electron chi connectivity index (χ3n) is 2.45. The first-order valence-corrected chi connectivity index (χ1v) is 6.65. The van der Waals surface area contributed by atoms with Crippen LogP contribution in [-0.4, -0.2) is 10.9 Å². The summed E-state index contributed by atoms with van der Waals surface area (Å²) in [5.74, 6) is 4.10. The van der Waals surface area contributed by atoms with E-state index < -0.39 is 11.7 Å². The Morgan fingerprint density at radius 3 is 2.33 bits per heavy atom. The number of hydrazine groups is 1. The van der Waals surface area contributed by atoms with Gasteiger partial charge in [0.2, 0.25) is 0 Å². The van der Waals surface area contributed by atoms with Crippen LogP contribution in [0.3, 0.4) is 0 Å². The Morgan fingerprint density at radius 2 is 1.76 bits per heavy atom. The zero-order valence-corrected chi connectivity index (χ0v) is 12.5. The molecule has 1 aromatic carbocycles. The fourth-order valence-electron chi connectivity index (χ4n) is 1.50. The van der Waals surface area contributed by atoms with Gasteiger partial charge in [-0.1, -0.05) is 34.8 Å². The number of benzene rings is 1. The standard InChI is InChI=1S/C12H8Cl3FN4O/c13-6-1-2-9(20-17)19-11(6)12(21)18-5-3-7(14)10(16)8(15)4-5/h1-4H,17H2,(H,18,21)(H,19,20). The molecule has 2 aromatic rings. The third-order valence-corrected chi connectivity index (χ3v) is 3.31. The quantitative estimate of drug-likeness (QED) is 0.448. The number of aromatic nitrogens is 1. The van der Waals surface area contributed by atoms with Crippen molar-refractivity contribution in [2.75, 3.05) is 10.7 Å². The van der Waals surface area contributed by atoms with E-state index in [-0.39, 0.29) is 32.3 Å².